The lowest BCUT2D eigenvalue weighted by molar-refractivity contribution is -0.133. The maximum absolute atomic E-state index is 12.2. The quantitative estimate of drug-likeness (QED) is 0.785. The van der Waals surface area contributed by atoms with Crippen molar-refractivity contribution in [3.8, 4) is 5.75 Å². The van der Waals surface area contributed by atoms with E-state index in [2.05, 4.69) is 0 Å². The zero-order valence-corrected chi connectivity index (χ0v) is 15.7. The first-order chi connectivity index (χ1) is 12.3. The van der Waals surface area contributed by atoms with Crippen molar-refractivity contribution in [1.82, 2.24) is 4.90 Å². The molecule has 0 saturated carbocycles. The number of phenolic OH excluding ortho intramolecular Hbond substituents is 1. The summed E-state index contributed by atoms with van der Waals surface area (Å²) in [6, 6.07) is 11.9. The smallest absolute Gasteiger partial charge is 0.342 e. The molecule has 0 bridgehead atoms. The molecule has 138 valence electrons. The summed E-state index contributed by atoms with van der Waals surface area (Å²) in [5.74, 6) is -1.41. The van der Waals surface area contributed by atoms with Gasteiger partial charge in [0.15, 0.2) is 6.61 Å². The lowest BCUT2D eigenvalue weighted by Crippen LogP contribution is -2.30. The van der Waals surface area contributed by atoms with Gasteiger partial charge in [-0.25, -0.2) is 4.79 Å². The van der Waals surface area contributed by atoms with Gasteiger partial charge in [-0.15, -0.1) is 0 Å². The van der Waals surface area contributed by atoms with Gasteiger partial charge in [-0.1, -0.05) is 23.7 Å². The summed E-state index contributed by atoms with van der Waals surface area (Å²) in [6.07, 6.45) is 0. The molecule has 0 aliphatic heterocycles. The number of rotatable bonds is 6. The van der Waals surface area contributed by atoms with E-state index in [9.17, 15) is 14.7 Å². The predicted octanol–water partition coefficient (Wildman–Crippen LogP) is 2.93. The van der Waals surface area contributed by atoms with Gasteiger partial charge in [0.1, 0.15) is 11.3 Å². The molecule has 1 amide bonds. The number of anilines is 1. The number of hydrogen-bond acceptors (Lipinski definition) is 5. The van der Waals surface area contributed by atoms with E-state index in [1.54, 1.807) is 7.05 Å². The number of halogens is 1. The number of ether oxygens (including phenoxy) is 1. The number of amides is 1. The van der Waals surface area contributed by atoms with Crippen molar-refractivity contribution in [2.75, 3.05) is 32.6 Å². The molecule has 0 fully saturated rings. The summed E-state index contributed by atoms with van der Waals surface area (Å²) in [5, 5.41) is 10.0. The number of esters is 1. The van der Waals surface area contributed by atoms with Crippen LogP contribution in [0.3, 0.4) is 0 Å². The van der Waals surface area contributed by atoms with Crippen LogP contribution in [0.1, 0.15) is 15.9 Å². The van der Waals surface area contributed by atoms with Crippen molar-refractivity contribution in [2.45, 2.75) is 6.54 Å². The first-order valence-electron chi connectivity index (χ1n) is 7.94. The van der Waals surface area contributed by atoms with Crippen LogP contribution in [0.5, 0.6) is 5.75 Å². The Morgan fingerprint density at radius 3 is 2.31 bits per heavy atom. The average molecular weight is 377 g/mol. The SMILES string of the molecule is CN(Cc1ccc(N(C)C)cc1)C(=O)COC(=O)c1ccc(Cl)cc1O. The Balaban J connectivity index is 1.89. The Kier molecular flexibility index (Phi) is 6.46. The van der Waals surface area contributed by atoms with Crippen LogP contribution < -0.4 is 4.90 Å². The van der Waals surface area contributed by atoms with Gasteiger partial charge < -0.3 is 19.6 Å². The van der Waals surface area contributed by atoms with E-state index >= 15 is 0 Å². The molecule has 2 aromatic rings. The number of hydrogen-bond donors (Lipinski definition) is 1. The fourth-order valence-electron chi connectivity index (χ4n) is 2.25. The number of phenols is 1. The molecule has 0 saturated heterocycles. The van der Waals surface area contributed by atoms with Crippen LogP contribution in [0, 0.1) is 0 Å². The van der Waals surface area contributed by atoms with Crippen molar-refractivity contribution in [3.05, 3.63) is 58.6 Å². The van der Waals surface area contributed by atoms with Crippen LogP contribution in [-0.4, -0.2) is 49.6 Å². The van der Waals surface area contributed by atoms with Crippen molar-refractivity contribution < 1.29 is 19.4 Å². The Morgan fingerprint density at radius 2 is 1.73 bits per heavy atom. The minimum Gasteiger partial charge on any atom is -0.507 e. The fraction of sp³-hybridized carbons (Fsp3) is 0.263. The normalized spacial score (nSPS) is 10.3. The number of carbonyl (C=O) groups excluding carboxylic acids is 2. The van der Waals surface area contributed by atoms with Crippen LogP contribution in [0.15, 0.2) is 42.5 Å². The lowest BCUT2D eigenvalue weighted by atomic mass is 10.2. The van der Waals surface area contributed by atoms with Crippen LogP contribution in [0.4, 0.5) is 5.69 Å². The molecule has 1 N–H and O–H groups in total. The second kappa shape index (κ2) is 8.58. The molecule has 0 spiro atoms. The summed E-state index contributed by atoms with van der Waals surface area (Å²) < 4.78 is 4.98. The molecule has 0 heterocycles. The number of likely N-dealkylation sites (N-methyl/N-ethyl adjacent to an activating group) is 1. The first-order valence-corrected chi connectivity index (χ1v) is 8.31. The number of benzene rings is 2. The second-order valence-corrected chi connectivity index (χ2v) is 6.48. The molecule has 0 radical (unpaired) electrons. The lowest BCUT2D eigenvalue weighted by Gasteiger charge is -2.18. The van der Waals surface area contributed by atoms with Gasteiger partial charge in [0.05, 0.1) is 0 Å². The van der Waals surface area contributed by atoms with Crippen molar-refractivity contribution in [2.24, 2.45) is 0 Å². The molecule has 6 nitrogen and oxygen atoms in total. The van der Waals surface area contributed by atoms with E-state index < -0.39 is 12.6 Å². The molecule has 0 aliphatic rings. The Labute approximate surface area is 157 Å². The fourth-order valence-corrected chi connectivity index (χ4v) is 2.42. The monoisotopic (exact) mass is 376 g/mol. The van der Waals surface area contributed by atoms with E-state index in [0.717, 1.165) is 11.3 Å². The third kappa shape index (κ3) is 5.13. The number of nitrogens with zero attached hydrogens (tertiary/aromatic N) is 2. The van der Waals surface area contributed by atoms with Gasteiger partial charge in [0.2, 0.25) is 0 Å². The summed E-state index contributed by atoms with van der Waals surface area (Å²) >= 11 is 5.72. The van der Waals surface area contributed by atoms with Gasteiger partial charge in [0.25, 0.3) is 5.91 Å². The van der Waals surface area contributed by atoms with Gasteiger partial charge in [-0.2, -0.15) is 0 Å². The minimum atomic E-state index is -0.781. The van der Waals surface area contributed by atoms with Crippen LogP contribution in [0.2, 0.25) is 5.02 Å². The second-order valence-electron chi connectivity index (χ2n) is 6.05. The van der Waals surface area contributed by atoms with Gasteiger partial charge >= 0.3 is 5.97 Å². The largest absolute Gasteiger partial charge is 0.507 e. The summed E-state index contributed by atoms with van der Waals surface area (Å²) in [4.78, 5) is 27.6. The van der Waals surface area contributed by atoms with Crippen molar-refractivity contribution >= 4 is 29.2 Å². The standard InChI is InChI=1S/C19H21ClN2O4/c1-21(2)15-7-4-13(5-8-15)11-22(3)18(24)12-26-19(25)16-9-6-14(20)10-17(16)23/h4-10,23H,11-12H2,1-3H3. The highest BCUT2D eigenvalue weighted by molar-refractivity contribution is 6.30. The highest BCUT2D eigenvalue weighted by atomic mass is 35.5. The highest BCUT2D eigenvalue weighted by Gasteiger charge is 2.16. The van der Waals surface area contributed by atoms with Crippen LogP contribution >= 0.6 is 11.6 Å². The van der Waals surface area contributed by atoms with E-state index in [4.69, 9.17) is 16.3 Å². The molecular formula is C19H21ClN2O4. The average Bonchev–Trinajstić information content (AvgIpc) is 2.59. The third-order valence-electron chi connectivity index (χ3n) is 3.80. The van der Waals surface area contributed by atoms with E-state index in [1.807, 2.05) is 43.3 Å². The zero-order chi connectivity index (χ0) is 19.3. The molecular weight excluding hydrogens is 356 g/mol. The molecule has 2 aromatic carbocycles. The minimum absolute atomic E-state index is 0.0378. The summed E-state index contributed by atoms with van der Waals surface area (Å²) in [7, 11) is 5.55. The van der Waals surface area contributed by atoms with Crippen molar-refractivity contribution in [3.63, 3.8) is 0 Å². The van der Waals surface area contributed by atoms with Crippen molar-refractivity contribution in [1.29, 1.82) is 0 Å². The number of aromatic hydroxyl groups is 1. The molecule has 0 aromatic heterocycles. The molecule has 0 atom stereocenters. The Bertz CT molecular complexity index is 791. The molecule has 0 unspecified atom stereocenters. The maximum Gasteiger partial charge on any atom is 0.342 e. The number of carbonyl (C=O) groups is 2. The Morgan fingerprint density at radius 1 is 1.08 bits per heavy atom. The maximum atomic E-state index is 12.2. The van der Waals surface area contributed by atoms with E-state index in [-0.39, 0.29) is 17.2 Å². The third-order valence-corrected chi connectivity index (χ3v) is 4.04. The van der Waals surface area contributed by atoms with Gasteiger partial charge in [0, 0.05) is 38.4 Å². The predicted molar refractivity (Wildman–Crippen MR) is 101 cm³/mol. The molecule has 2 rings (SSSR count). The van der Waals surface area contributed by atoms with Crippen LogP contribution in [-0.2, 0) is 16.1 Å². The summed E-state index contributed by atoms with van der Waals surface area (Å²) in [6.45, 7) is -0.0104. The van der Waals surface area contributed by atoms with Crippen LogP contribution in [0.25, 0.3) is 0 Å². The topological polar surface area (TPSA) is 70.1 Å². The summed E-state index contributed by atoms with van der Waals surface area (Å²) in [5.41, 5.74) is 2.00. The molecule has 0 aliphatic carbocycles. The van der Waals surface area contributed by atoms with E-state index in [0.29, 0.717) is 11.6 Å². The van der Waals surface area contributed by atoms with Gasteiger partial charge in [-0.3, -0.25) is 4.79 Å². The molecule has 26 heavy (non-hydrogen) atoms. The molecule has 7 heteroatoms. The van der Waals surface area contributed by atoms with E-state index in [1.165, 1.54) is 23.1 Å². The highest BCUT2D eigenvalue weighted by Crippen LogP contribution is 2.22. The van der Waals surface area contributed by atoms with Gasteiger partial charge in [-0.05, 0) is 35.9 Å². The zero-order valence-electron chi connectivity index (χ0n) is 14.9. The first kappa shape index (κ1) is 19.6. The Hall–Kier alpha value is -2.73.